The Morgan fingerprint density at radius 3 is 2.31 bits per heavy atom. The Balaban J connectivity index is 1.58. The molecule has 5 rings (SSSR count). The highest BCUT2D eigenvalue weighted by molar-refractivity contribution is 6.31. The summed E-state index contributed by atoms with van der Waals surface area (Å²) in [7, 11) is 0. The maximum atomic E-state index is 13.5. The summed E-state index contributed by atoms with van der Waals surface area (Å²) in [6.45, 7) is 0. The molecule has 2 N–H and O–H groups in total. The molecule has 0 atom stereocenters. The molecule has 0 saturated heterocycles. The summed E-state index contributed by atoms with van der Waals surface area (Å²) in [5.41, 5.74) is 4.06. The molecule has 5 nitrogen and oxygen atoms in total. The first-order valence-corrected chi connectivity index (χ1v) is 10.3. The van der Waals surface area contributed by atoms with Gasteiger partial charge in [0.1, 0.15) is 17.3 Å². The standard InChI is InChI=1S/C24H17ClF2N4O/c25-16-6-12-20-21(13-16)29-24(28-20)31-23(32)19(11-3-14-1-7-17(26)8-2-14)22(30-31)15-4-9-18(27)10-5-15/h1-2,4-10,12-13,32H,3,11H2,(H,28,29). The van der Waals surface area contributed by atoms with Gasteiger partial charge in [-0.15, -0.1) is 0 Å². The molecule has 2 heterocycles. The molecular formula is C24H17ClF2N4O. The Labute approximate surface area is 186 Å². The van der Waals surface area contributed by atoms with Crippen molar-refractivity contribution < 1.29 is 13.9 Å². The van der Waals surface area contributed by atoms with Gasteiger partial charge in [-0.3, -0.25) is 0 Å². The smallest absolute Gasteiger partial charge is 0.232 e. The van der Waals surface area contributed by atoms with Crippen molar-refractivity contribution in [3.63, 3.8) is 0 Å². The van der Waals surface area contributed by atoms with E-state index in [1.807, 2.05) is 0 Å². The Morgan fingerprint density at radius 2 is 1.59 bits per heavy atom. The molecule has 0 fully saturated rings. The van der Waals surface area contributed by atoms with Crippen molar-refractivity contribution in [3.05, 3.63) is 94.5 Å². The van der Waals surface area contributed by atoms with Crippen LogP contribution in [0, 0.1) is 11.6 Å². The number of aromatic hydroxyl groups is 1. The lowest BCUT2D eigenvalue weighted by molar-refractivity contribution is 0.425. The molecule has 0 amide bonds. The molecule has 0 aliphatic carbocycles. The number of imidazole rings is 1. The van der Waals surface area contributed by atoms with Crippen LogP contribution in [0.15, 0.2) is 66.7 Å². The van der Waals surface area contributed by atoms with Crippen LogP contribution in [0.1, 0.15) is 11.1 Å². The molecule has 0 aliphatic rings. The zero-order valence-corrected chi connectivity index (χ0v) is 17.4. The van der Waals surface area contributed by atoms with Gasteiger partial charge in [-0.1, -0.05) is 23.7 Å². The van der Waals surface area contributed by atoms with Crippen LogP contribution in [0.25, 0.3) is 28.2 Å². The number of nitrogens with zero attached hydrogens (tertiary/aromatic N) is 3. The molecule has 0 unspecified atom stereocenters. The summed E-state index contributed by atoms with van der Waals surface area (Å²) in [5, 5.41) is 16.2. The Kier molecular flexibility index (Phi) is 5.11. The third kappa shape index (κ3) is 3.83. The van der Waals surface area contributed by atoms with Crippen LogP contribution in [-0.2, 0) is 12.8 Å². The van der Waals surface area contributed by atoms with Gasteiger partial charge in [0.2, 0.25) is 11.8 Å². The van der Waals surface area contributed by atoms with Gasteiger partial charge < -0.3 is 10.1 Å². The van der Waals surface area contributed by atoms with Crippen LogP contribution in [0.4, 0.5) is 8.78 Å². The zero-order chi connectivity index (χ0) is 22.2. The molecule has 0 aliphatic heterocycles. The van der Waals surface area contributed by atoms with Crippen molar-refractivity contribution in [1.29, 1.82) is 0 Å². The largest absolute Gasteiger partial charge is 0.493 e. The number of H-pyrrole nitrogens is 1. The lowest BCUT2D eigenvalue weighted by atomic mass is 10.0. The van der Waals surface area contributed by atoms with E-state index in [1.54, 1.807) is 42.5 Å². The van der Waals surface area contributed by atoms with Crippen LogP contribution < -0.4 is 0 Å². The minimum atomic E-state index is -0.362. The van der Waals surface area contributed by atoms with Gasteiger partial charge in [-0.05, 0) is 73.0 Å². The molecule has 0 spiro atoms. The molecule has 32 heavy (non-hydrogen) atoms. The van der Waals surface area contributed by atoms with E-state index in [9.17, 15) is 13.9 Å². The van der Waals surface area contributed by atoms with Crippen LogP contribution in [0.3, 0.4) is 0 Å². The maximum absolute atomic E-state index is 13.5. The van der Waals surface area contributed by atoms with Crippen molar-refractivity contribution in [3.8, 4) is 23.1 Å². The lowest BCUT2D eigenvalue weighted by Crippen LogP contribution is -1.98. The first-order chi connectivity index (χ1) is 15.5. The summed E-state index contributed by atoms with van der Waals surface area (Å²) in [5.74, 6) is -0.409. The molecule has 0 bridgehead atoms. The number of aryl methyl sites for hydroxylation is 1. The Bertz CT molecular complexity index is 1410. The minimum absolute atomic E-state index is 0.0726. The van der Waals surface area contributed by atoms with Crippen molar-refractivity contribution in [2.45, 2.75) is 12.8 Å². The van der Waals surface area contributed by atoms with Gasteiger partial charge in [-0.25, -0.2) is 13.8 Å². The van der Waals surface area contributed by atoms with E-state index >= 15 is 0 Å². The number of rotatable bonds is 5. The number of aromatic nitrogens is 4. The fraction of sp³-hybridized carbons (Fsp3) is 0.0833. The molecule has 0 radical (unpaired) electrons. The number of nitrogens with one attached hydrogen (secondary N) is 1. The topological polar surface area (TPSA) is 66.7 Å². The molecule has 0 saturated carbocycles. The van der Waals surface area contributed by atoms with E-state index in [2.05, 4.69) is 15.1 Å². The second kappa shape index (κ2) is 8.09. The van der Waals surface area contributed by atoms with Crippen LogP contribution in [-0.4, -0.2) is 24.9 Å². The predicted molar refractivity (Wildman–Crippen MR) is 119 cm³/mol. The molecule has 5 aromatic rings. The van der Waals surface area contributed by atoms with Crippen LogP contribution in [0.5, 0.6) is 5.88 Å². The summed E-state index contributed by atoms with van der Waals surface area (Å²) in [6.07, 6.45) is 1.000. The highest BCUT2D eigenvalue weighted by Crippen LogP contribution is 2.33. The van der Waals surface area contributed by atoms with Crippen molar-refractivity contribution in [1.82, 2.24) is 19.7 Å². The SMILES string of the molecule is Oc1c(CCc2ccc(F)cc2)c(-c2ccc(F)cc2)nn1-c1nc2cc(Cl)ccc2[nH]1. The van der Waals surface area contributed by atoms with Gasteiger partial charge in [0, 0.05) is 16.1 Å². The Morgan fingerprint density at radius 1 is 0.906 bits per heavy atom. The molecular weight excluding hydrogens is 434 g/mol. The van der Waals surface area contributed by atoms with E-state index in [1.165, 1.54) is 28.9 Å². The van der Waals surface area contributed by atoms with Gasteiger partial charge in [0.25, 0.3) is 0 Å². The molecule has 3 aromatic carbocycles. The first kappa shape index (κ1) is 20.2. The second-order valence-electron chi connectivity index (χ2n) is 7.42. The average Bonchev–Trinajstić information content (AvgIpc) is 3.34. The van der Waals surface area contributed by atoms with E-state index in [-0.39, 0.29) is 17.5 Å². The number of fused-ring (bicyclic) bond motifs is 1. The highest BCUT2D eigenvalue weighted by Gasteiger charge is 2.21. The third-order valence-electron chi connectivity index (χ3n) is 5.28. The normalized spacial score (nSPS) is 11.3. The molecule has 2 aromatic heterocycles. The Hall–Kier alpha value is -3.71. The van der Waals surface area contributed by atoms with Gasteiger partial charge >= 0.3 is 0 Å². The third-order valence-corrected chi connectivity index (χ3v) is 5.52. The molecule has 160 valence electrons. The van der Waals surface area contributed by atoms with Crippen molar-refractivity contribution in [2.24, 2.45) is 0 Å². The monoisotopic (exact) mass is 450 g/mol. The fourth-order valence-corrected chi connectivity index (χ4v) is 3.81. The van der Waals surface area contributed by atoms with Gasteiger partial charge in [-0.2, -0.15) is 9.78 Å². The second-order valence-corrected chi connectivity index (χ2v) is 7.85. The number of aromatic amines is 1. The number of halogens is 3. The van der Waals surface area contributed by atoms with Gasteiger partial charge in [0.15, 0.2) is 0 Å². The van der Waals surface area contributed by atoms with E-state index in [0.29, 0.717) is 46.2 Å². The summed E-state index contributed by atoms with van der Waals surface area (Å²) >= 11 is 6.06. The number of benzene rings is 3. The summed E-state index contributed by atoms with van der Waals surface area (Å²) in [6, 6.07) is 17.4. The lowest BCUT2D eigenvalue weighted by Gasteiger charge is -2.04. The number of hydrogen-bond donors (Lipinski definition) is 2. The van der Waals surface area contributed by atoms with Crippen molar-refractivity contribution in [2.75, 3.05) is 0 Å². The summed E-state index contributed by atoms with van der Waals surface area (Å²) in [4.78, 5) is 7.62. The van der Waals surface area contributed by atoms with Crippen molar-refractivity contribution >= 4 is 22.6 Å². The minimum Gasteiger partial charge on any atom is -0.493 e. The average molecular weight is 451 g/mol. The predicted octanol–water partition coefficient (Wildman–Crippen LogP) is 5.84. The quantitative estimate of drug-likeness (QED) is 0.353. The van der Waals surface area contributed by atoms with Gasteiger partial charge in [0.05, 0.1) is 11.0 Å². The van der Waals surface area contributed by atoms with E-state index < -0.39 is 0 Å². The van der Waals surface area contributed by atoms with Crippen LogP contribution >= 0.6 is 11.6 Å². The number of hydrogen-bond acceptors (Lipinski definition) is 3. The van der Waals surface area contributed by atoms with E-state index in [4.69, 9.17) is 11.6 Å². The first-order valence-electron chi connectivity index (χ1n) is 9.95. The highest BCUT2D eigenvalue weighted by atomic mass is 35.5. The fourth-order valence-electron chi connectivity index (χ4n) is 3.65. The maximum Gasteiger partial charge on any atom is 0.232 e. The molecule has 8 heteroatoms. The zero-order valence-electron chi connectivity index (χ0n) is 16.7. The van der Waals surface area contributed by atoms with Crippen LogP contribution in [0.2, 0.25) is 5.02 Å². The van der Waals surface area contributed by atoms with E-state index in [0.717, 1.165) is 11.1 Å². The summed E-state index contributed by atoms with van der Waals surface area (Å²) < 4.78 is 28.0.